The number of nitrogens with zero attached hydrogens (tertiary/aromatic N) is 2. The molecule has 3 nitrogen and oxygen atoms in total. The lowest BCUT2D eigenvalue weighted by atomic mass is 9.91. The number of hydrogen-bond donors (Lipinski definition) is 1. The Labute approximate surface area is 114 Å². The summed E-state index contributed by atoms with van der Waals surface area (Å²) >= 11 is 0. The third-order valence-electron chi connectivity index (χ3n) is 2.98. The number of aryl methyl sites for hydroxylation is 1. The summed E-state index contributed by atoms with van der Waals surface area (Å²) < 4.78 is 0. The second-order valence-electron chi connectivity index (χ2n) is 5.98. The van der Waals surface area contributed by atoms with Crippen molar-refractivity contribution >= 4 is 5.69 Å². The summed E-state index contributed by atoms with van der Waals surface area (Å²) in [6, 6.07) is 9.94. The molecule has 0 fully saturated rings. The van der Waals surface area contributed by atoms with Crippen LogP contribution in [0.1, 0.15) is 43.5 Å². The van der Waals surface area contributed by atoms with Gasteiger partial charge in [-0.2, -0.15) is 0 Å². The van der Waals surface area contributed by atoms with Crippen molar-refractivity contribution in [3.63, 3.8) is 0 Å². The van der Waals surface area contributed by atoms with E-state index in [2.05, 4.69) is 42.9 Å². The first-order valence-electron chi connectivity index (χ1n) is 6.54. The summed E-state index contributed by atoms with van der Waals surface area (Å²) in [5.41, 5.74) is 9.86. The van der Waals surface area contributed by atoms with Crippen molar-refractivity contribution in [3.8, 4) is 0 Å². The van der Waals surface area contributed by atoms with Crippen LogP contribution in [-0.4, -0.2) is 9.97 Å². The van der Waals surface area contributed by atoms with Crippen LogP contribution in [0.25, 0.3) is 0 Å². The molecular weight excluding hydrogens is 234 g/mol. The third kappa shape index (κ3) is 3.53. The van der Waals surface area contributed by atoms with Gasteiger partial charge in [0.05, 0.1) is 0 Å². The van der Waals surface area contributed by atoms with E-state index < -0.39 is 0 Å². The van der Waals surface area contributed by atoms with Crippen molar-refractivity contribution in [2.24, 2.45) is 0 Å². The first-order chi connectivity index (χ1) is 8.84. The minimum absolute atomic E-state index is 0.0398. The second kappa shape index (κ2) is 5.00. The van der Waals surface area contributed by atoms with E-state index in [0.29, 0.717) is 0 Å². The number of benzene rings is 1. The summed E-state index contributed by atoms with van der Waals surface area (Å²) in [5, 5.41) is 0. The Morgan fingerprint density at radius 3 is 2.47 bits per heavy atom. The van der Waals surface area contributed by atoms with E-state index in [-0.39, 0.29) is 5.41 Å². The Bertz CT molecular complexity index is 583. The summed E-state index contributed by atoms with van der Waals surface area (Å²) in [6.45, 7) is 8.51. The van der Waals surface area contributed by atoms with E-state index in [1.165, 1.54) is 0 Å². The van der Waals surface area contributed by atoms with Crippen molar-refractivity contribution in [1.29, 1.82) is 0 Å². The SMILES string of the molecule is Cc1cc(C(C)(C)C)nc(Cc2cccc(N)c2)n1. The van der Waals surface area contributed by atoms with Gasteiger partial charge in [0, 0.05) is 28.9 Å². The van der Waals surface area contributed by atoms with Gasteiger partial charge in [-0.3, -0.25) is 0 Å². The van der Waals surface area contributed by atoms with E-state index in [1.54, 1.807) is 0 Å². The minimum Gasteiger partial charge on any atom is -0.399 e. The standard InChI is InChI=1S/C16H21N3/c1-11-8-14(16(2,3)4)19-15(18-11)10-12-6-5-7-13(17)9-12/h5-9H,10,17H2,1-4H3. The van der Waals surface area contributed by atoms with Crippen LogP contribution in [0.15, 0.2) is 30.3 Å². The van der Waals surface area contributed by atoms with Crippen molar-refractivity contribution in [1.82, 2.24) is 9.97 Å². The van der Waals surface area contributed by atoms with Gasteiger partial charge in [0.2, 0.25) is 0 Å². The van der Waals surface area contributed by atoms with E-state index in [1.807, 2.05) is 25.1 Å². The number of anilines is 1. The fraction of sp³-hybridized carbons (Fsp3) is 0.375. The molecule has 0 radical (unpaired) electrons. The average Bonchev–Trinajstić information content (AvgIpc) is 2.26. The molecule has 0 saturated carbocycles. The van der Waals surface area contributed by atoms with Crippen molar-refractivity contribution < 1.29 is 0 Å². The summed E-state index contributed by atoms with van der Waals surface area (Å²) in [5.74, 6) is 0.857. The van der Waals surface area contributed by atoms with Gasteiger partial charge in [-0.05, 0) is 30.7 Å². The van der Waals surface area contributed by atoms with Crippen LogP contribution in [0.2, 0.25) is 0 Å². The van der Waals surface area contributed by atoms with Crippen LogP contribution in [0, 0.1) is 6.92 Å². The molecule has 100 valence electrons. The zero-order valence-electron chi connectivity index (χ0n) is 12.1. The van der Waals surface area contributed by atoms with Crippen LogP contribution in [0.5, 0.6) is 0 Å². The molecule has 2 N–H and O–H groups in total. The first kappa shape index (κ1) is 13.5. The zero-order chi connectivity index (χ0) is 14.0. The minimum atomic E-state index is 0.0398. The van der Waals surface area contributed by atoms with E-state index in [9.17, 15) is 0 Å². The van der Waals surface area contributed by atoms with Gasteiger partial charge < -0.3 is 5.73 Å². The quantitative estimate of drug-likeness (QED) is 0.838. The number of rotatable bonds is 2. The van der Waals surface area contributed by atoms with Crippen LogP contribution in [0.4, 0.5) is 5.69 Å². The molecule has 0 unspecified atom stereocenters. The molecule has 1 aromatic carbocycles. The predicted octanol–water partition coefficient (Wildman–Crippen LogP) is 3.26. The normalized spacial score (nSPS) is 11.6. The molecule has 19 heavy (non-hydrogen) atoms. The highest BCUT2D eigenvalue weighted by Crippen LogP contribution is 2.21. The van der Waals surface area contributed by atoms with Gasteiger partial charge in [0.25, 0.3) is 0 Å². The number of nitrogen functional groups attached to an aromatic ring is 1. The summed E-state index contributed by atoms with van der Waals surface area (Å²) in [4.78, 5) is 9.20. The monoisotopic (exact) mass is 255 g/mol. The van der Waals surface area contributed by atoms with Crippen molar-refractivity contribution in [3.05, 3.63) is 53.1 Å². The van der Waals surface area contributed by atoms with Gasteiger partial charge in [0.1, 0.15) is 5.82 Å². The van der Waals surface area contributed by atoms with E-state index in [0.717, 1.165) is 34.9 Å². The maximum atomic E-state index is 5.80. The van der Waals surface area contributed by atoms with Gasteiger partial charge in [-0.1, -0.05) is 32.9 Å². The Balaban J connectivity index is 2.33. The maximum Gasteiger partial charge on any atom is 0.133 e. The molecule has 0 aliphatic rings. The molecule has 2 rings (SSSR count). The molecule has 0 amide bonds. The molecule has 1 aromatic heterocycles. The second-order valence-corrected chi connectivity index (χ2v) is 5.98. The lowest BCUT2D eigenvalue weighted by molar-refractivity contribution is 0.561. The summed E-state index contributed by atoms with van der Waals surface area (Å²) in [7, 11) is 0. The molecule has 0 aliphatic carbocycles. The molecule has 0 saturated heterocycles. The summed E-state index contributed by atoms with van der Waals surface area (Å²) in [6.07, 6.45) is 0.718. The van der Waals surface area contributed by atoms with Gasteiger partial charge in [-0.15, -0.1) is 0 Å². The molecule has 0 bridgehead atoms. The third-order valence-corrected chi connectivity index (χ3v) is 2.98. The Morgan fingerprint density at radius 2 is 1.84 bits per heavy atom. The van der Waals surface area contributed by atoms with Crippen LogP contribution >= 0.6 is 0 Å². The molecule has 0 aliphatic heterocycles. The van der Waals surface area contributed by atoms with Crippen molar-refractivity contribution in [2.75, 3.05) is 5.73 Å². The fourth-order valence-electron chi connectivity index (χ4n) is 1.98. The molecular formula is C16H21N3. The van der Waals surface area contributed by atoms with Gasteiger partial charge >= 0.3 is 0 Å². The lowest BCUT2D eigenvalue weighted by Gasteiger charge is -2.19. The first-order valence-corrected chi connectivity index (χ1v) is 6.54. The Morgan fingerprint density at radius 1 is 1.11 bits per heavy atom. The Kier molecular flexibility index (Phi) is 3.56. The number of aromatic nitrogens is 2. The highest BCUT2D eigenvalue weighted by molar-refractivity contribution is 5.41. The van der Waals surface area contributed by atoms with Crippen LogP contribution < -0.4 is 5.73 Å². The van der Waals surface area contributed by atoms with Crippen LogP contribution in [0.3, 0.4) is 0 Å². The Hall–Kier alpha value is -1.90. The largest absolute Gasteiger partial charge is 0.399 e. The van der Waals surface area contributed by atoms with E-state index in [4.69, 9.17) is 5.73 Å². The predicted molar refractivity (Wildman–Crippen MR) is 79.1 cm³/mol. The van der Waals surface area contributed by atoms with Gasteiger partial charge in [-0.25, -0.2) is 9.97 Å². The molecule has 0 spiro atoms. The van der Waals surface area contributed by atoms with Gasteiger partial charge in [0.15, 0.2) is 0 Å². The van der Waals surface area contributed by atoms with E-state index >= 15 is 0 Å². The molecule has 1 heterocycles. The maximum absolute atomic E-state index is 5.80. The molecule has 0 atom stereocenters. The lowest BCUT2D eigenvalue weighted by Crippen LogP contribution is -2.16. The van der Waals surface area contributed by atoms with Crippen LogP contribution in [-0.2, 0) is 11.8 Å². The fourth-order valence-corrected chi connectivity index (χ4v) is 1.98. The molecule has 3 heteroatoms. The highest BCUT2D eigenvalue weighted by Gasteiger charge is 2.17. The van der Waals surface area contributed by atoms with Crippen molar-refractivity contribution in [2.45, 2.75) is 39.5 Å². The molecule has 2 aromatic rings. The smallest absolute Gasteiger partial charge is 0.133 e. The number of hydrogen-bond acceptors (Lipinski definition) is 3. The number of nitrogens with two attached hydrogens (primary N) is 1. The topological polar surface area (TPSA) is 51.8 Å². The highest BCUT2D eigenvalue weighted by atomic mass is 14.9. The average molecular weight is 255 g/mol. The zero-order valence-corrected chi connectivity index (χ0v) is 12.1.